The number of aromatic nitrogens is 4. The fourth-order valence-electron chi connectivity index (χ4n) is 5.93. The van der Waals surface area contributed by atoms with E-state index >= 15 is 4.39 Å². The number of piperazine rings is 1. The van der Waals surface area contributed by atoms with Crippen LogP contribution in [0.5, 0.6) is 0 Å². The lowest BCUT2D eigenvalue weighted by molar-refractivity contribution is 0.0815. The average Bonchev–Trinajstić information content (AvgIpc) is 3.63. The van der Waals surface area contributed by atoms with Crippen molar-refractivity contribution in [1.82, 2.24) is 34.2 Å². The van der Waals surface area contributed by atoms with Crippen molar-refractivity contribution in [2.75, 3.05) is 52.6 Å². The van der Waals surface area contributed by atoms with Crippen LogP contribution in [0.4, 0.5) is 16.2 Å². The maximum Gasteiger partial charge on any atom is 0.270 e. The van der Waals surface area contributed by atoms with E-state index in [2.05, 4.69) is 41.7 Å². The Morgan fingerprint density at radius 1 is 1.02 bits per heavy atom. The molecule has 4 heterocycles. The van der Waals surface area contributed by atoms with E-state index in [9.17, 15) is 4.79 Å². The van der Waals surface area contributed by atoms with Gasteiger partial charge in [-0.3, -0.25) is 9.69 Å². The van der Waals surface area contributed by atoms with Crippen LogP contribution in [-0.2, 0) is 6.54 Å². The van der Waals surface area contributed by atoms with Crippen LogP contribution < -0.4 is 5.32 Å². The number of likely N-dealkylation sites (N-methyl/N-ethyl adjacent to an activating group) is 1. The smallest absolute Gasteiger partial charge is 0.270 e. The van der Waals surface area contributed by atoms with Crippen molar-refractivity contribution in [2.45, 2.75) is 38.3 Å². The SMILES string of the molecule is CN1CCN(Cc2ccc(Nc3ncc(F)c(-c4ccc5c(c4)cc(C(=O)N(C)C)n5C4CCCC4)n3)nc2)CC1. The minimum atomic E-state index is -0.509. The van der Waals surface area contributed by atoms with Gasteiger partial charge >= 0.3 is 0 Å². The quantitative estimate of drug-likeness (QED) is 0.345. The predicted molar refractivity (Wildman–Crippen MR) is 159 cm³/mol. The van der Waals surface area contributed by atoms with Gasteiger partial charge in [-0.2, -0.15) is 0 Å². The summed E-state index contributed by atoms with van der Waals surface area (Å²) < 4.78 is 17.2. The molecule has 0 spiro atoms. The van der Waals surface area contributed by atoms with Gasteiger partial charge in [0.15, 0.2) is 5.82 Å². The molecule has 2 fully saturated rings. The van der Waals surface area contributed by atoms with Crippen LogP contribution in [0.15, 0.2) is 48.8 Å². The molecule has 3 aromatic heterocycles. The van der Waals surface area contributed by atoms with Crippen LogP contribution >= 0.6 is 0 Å². The third-order valence-corrected chi connectivity index (χ3v) is 8.24. The molecule has 0 bridgehead atoms. The van der Waals surface area contributed by atoms with Gasteiger partial charge in [-0.1, -0.05) is 25.0 Å². The van der Waals surface area contributed by atoms with E-state index in [1.807, 2.05) is 42.6 Å². The summed E-state index contributed by atoms with van der Waals surface area (Å²) in [7, 11) is 5.69. The van der Waals surface area contributed by atoms with Gasteiger partial charge in [-0.25, -0.2) is 19.3 Å². The van der Waals surface area contributed by atoms with Gasteiger partial charge in [-0.15, -0.1) is 0 Å². The third kappa shape index (κ3) is 5.80. The number of rotatable bonds is 7. The zero-order chi connectivity index (χ0) is 28.5. The largest absolute Gasteiger partial charge is 0.343 e. The Kier molecular flexibility index (Phi) is 7.68. The molecule has 1 saturated heterocycles. The molecule has 1 amide bonds. The number of halogens is 1. The van der Waals surface area contributed by atoms with Crippen LogP contribution in [0.3, 0.4) is 0 Å². The van der Waals surface area contributed by atoms with Gasteiger partial charge in [0, 0.05) is 75.5 Å². The second-order valence-electron chi connectivity index (χ2n) is 11.5. The molecule has 1 saturated carbocycles. The highest BCUT2D eigenvalue weighted by Crippen LogP contribution is 2.36. The van der Waals surface area contributed by atoms with E-state index in [0.29, 0.717) is 23.1 Å². The Balaban J connectivity index is 1.24. The molecule has 0 atom stereocenters. The van der Waals surface area contributed by atoms with Crippen LogP contribution in [0, 0.1) is 5.82 Å². The molecule has 0 radical (unpaired) electrons. The number of carbonyl (C=O) groups is 1. The lowest BCUT2D eigenvalue weighted by Crippen LogP contribution is -2.43. The summed E-state index contributed by atoms with van der Waals surface area (Å²) >= 11 is 0. The molecule has 0 unspecified atom stereocenters. The van der Waals surface area contributed by atoms with E-state index in [0.717, 1.165) is 74.9 Å². The van der Waals surface area contributed by atoms with Crippen LogP contribution in [0.2, 0.25) is 0 Å². The van der Waals surface area contributed by atoms with Crippen molar-refractivity contribution < 1.29 is 9.18 Å². The highest BCUT2D eigenvalue weighted by Gasteiger charge is 2.26. The van der Waals surface area contributed by atoms with Crippen molar-refractivity contribution in [2.24, 2.45) is 0 Å². The van der Waals surface area contributed by atoms with Crippen molar-refractivity contribution in [3.8, 4) is 11.3 Å². The van der Waals surface area contributed by atoms with Crippen LogP contribution in [0.25, 0.3) is 22.2 Å². The van der Waals surface area contributed by atoms with Gasteiger partial charge in [0.2, 0.25) is 5.95 Å². The molecule has 10 heteroatoms. The Morgan fingerprint density at radius 3 is 2.51 bits per heavy atom. The number of benzene rings is 1. The van der Waals surface area contributed by atoms with Crippen LogP contribution in [0.1, 0.15) is 47.8 Å². The van der Waals surface area contributed by atoms with Gasteiger partial charge in [0.25, 0.3) is 5.91 Å². The van der Waals surface area contributed by atoms with Crippen molar-refractivity contribution in [1.29, 1.82) is 0 Å². The number of nitrogens with zero attached hydrogens (tertiary/aromatic N) is 7. The summed E-state index contributed by atoms with van der Waals surface area (Å²) in [5.41, 5.74) is 3.63. The molecule has 41 heavy (non-hydrogen) atoms. The number of nitrogens with one attached hydrogen (secondary N) is 1. The molecular weight excluding hydrogens is 519 g/mol. The zero-order valence-corrected chi connectivity index (χ0v) is 24.0. The van der Waals surface area contributed by atoms with Crippen molar-refractivity contribution >= 4 is 28.6 Å². The molecule has 1 aromatic carbocycles. The van der Waals surface area contributed by atoms with E-state index in [-0.39, 0.29) is 17.5 Å². The Labute approximate surface area is 240 Å². The summed E-state index contributed by atoms with van der Waals surface area (Å²) in [4.78, 5) is 32.6. The van der Waals surface area contributed by atoms with Gasteiger partial charge in [-0.05, 0) is 49.7 Å². The number of pyridine rings is 1. The number of hydrogen-bond acceptors (Lipinski definition) is 7. The average molecular weight is 557 g/mol. The fourth-order valence-corrected chi connectivity index (χ4v) is 5.93. The summed E-state index contributed by atoms with van der Waals surface area (Å²) in [6, 6.07) is 11.9. The maximum atomic E-state index is 15.0. The standard InChI is InChI=1S/C31H37FN8O/c1-37(2)30(41)27-17-23-16-22(9-10-26(23)40(27)24-6-4-5-7-24)29-25(32)19-34-31(36-29)35-28-11-8-21(18-33-28)20-39-14-12-38(3)13-15-39/h8-11,16-19,24H,4-7,12-15,20H2,1-3H3,(H,33,34,35,36). The summed E-state index contributed by atoms with van der Waals surface area (Å²) in [5.74, 6) is 0.329. The number of fused-ring (bicyclic) bond motifs is 1. The van der Waals surface area contributed by atoms with E-state index in [4.69, 9.17) is 0 Å². The first-order valence-corrected chi connectivity index (χ1v) is 14.4. The molecule has 1 N–H and O–H groups in total. The highest BCUT2D eigenvalue weighted by molar-refractivity contribution is 5.99. The second-order valence-corrected chi connectivity index (χ2v) is 11.5. The summed E-state index contributed by atoms with van der Waals surface area (Å²) in [6.45, 7) is 5.11. The summed E-state index contributed by atoms with van der Waals surface area (Å²) in [6.07, 6.45) is 7.48. The first kappa shape index (κ1) is 27.3. The predicted octanol–water partition coefficient (Wildman–Crippen LogP) is 4.94. The normalized spacial score (nSPS) is 16.9. The first-order valence-electron chi connectivity index (χ1n) is 14.4. The number of anilines is 2. The van der Waals surface area contributed by atoms with E-state index in [1.165, 1.54) is 6.20 Å². The van der Waals surface area contributed by atoms with Crippen molar-refractivity contribution in [3.05, 3.63) is 65.9 Å². The summed E-state index contributed by atoms with van der Waals surface area (Å²) in [5, 5.41) is 4.01. The molecule has 1 aliphatic carbocycles. The Bertz CT molecular complexity index is 1540. The first-order chi connectivity index (χ1) is 19.9. The molecule has 6 rings (SSSR count). The molecule has 1 aliphatic heterocycles. The molecule has 214 valence electrons. The van der Waals surface area contributed by atoms with Gasteiger partial charge in [0.1, 0.15) is 17.2 Å². The minimum absolute atomic E-state index is 0.0311. The zero-order valence-electron chi connectivity index (χ0n) is 24.0. The lowest BCUT2D eigenvalue weighted by Gasteiger charge is -2.32. The Hall–Kier alpha value is -3.89. The molecule has 4 aromatic rings. The fraction of sp³-hybridized carbons (Fsp3) is 0.419. The molecule has 2 aliphatic rings. The maximum absolute atomic E-state index is 15.0. The monoisotopic (exact) mass is 556 g/mol. The number of carbonyl (C=O) groups excluding carboxylic acids is 1. The number of hydrogen-bond donors (Lipinski definition) is 1. The van der Waals surface area contributed by atoms with E-state index in [1.54, 1.807) is 19.0 Å². The molecule has 9 nitrogen and oxygen atoms in total. The number of amides is 1. The third-order valence-electron chi connectivity index (χ3n) is 8.24. The topological polar surface area (TPSA) is 82.4 Å². The van der Waals surface area contributed by atoms with Gasteiger partial charge < -0.3 is 19.7 Å². The Morgan fingerprint density at radius 2 is 1.80 bits per heavy atom. The lowest BCUT2D eigenvalue weighted by atomic mass is 10.1. The molecular formula is C31H37FN8O. The van der Waals surface area contributed by atoms with Crippen LogP contribution in [-0.4, -0.2) is 87.4 Å². The van der Waals surface area contributed by atoms with Crippen molar-refractivity contribution in [3.63, 3.8) is 0 Å². The minimum Gasteiger partial charge on any atom is -0.343 e. The van der Waals surface area contributed by atoms with Gasteiger partial charge in [0.05, 0.1) is 6.20 Å². The highest BCUT2D eigenvalue weighted by atomic mass is 19.1. The van der Waals surface area contributed by atoms with E-state index < -0.39 is 5.82 Å². The second kappa shape index (κ2) is 11.5.